The van der Waals surface area contributed by atoms with Crippen molar-refractivity contribution in [1.82, 2.24) is 0 Å². The van der Waals surface area contributed by atoms with E-state index < -0.39 is 11.9 Å². The van der Waals surface area contributed by atoms with Crippen molar-refractivity contribution in [3.05, 3.63) is 53.6 Å². The van der Waals surface area contributed by atoms with Crippen LogP contribution in [0.1, 0.15) is 15.9 Å². The van der Waals surface area contributed by atoms with Gasteiger partial charge in [-0.2, -0.15) is 0 Å². The van der Waals surface area contributed by atoms with Gasteiger partial charge in [0.05, 0.1) is 39.7 Å². The molecule has 0 aliphatic heterocycles. The van der Waals surface area contributed by atoms with Gasteiger partial charge in [-0.25, -0.2) is 4.79 Å². The number of methoxy groups -OCH3 is 4. The molecule has 142 valence electrons. The van der Waals surface area contributed by atoms with Gasteiger partial charge in [-0.1, -0.05) is 6.07 Å². The van der Waals surface area contributed by atoms with Crippen molar-refractivity contribution in [2.45, 2.75) is 0 Å². The van der Waals surface area contributed by atoms with Crippen LogP contribution in [0.3, 0.4) is 0 Å². The van der Waals surface area contributed by atoms with Crippen LogP contribution in [0.4, 0.5) is 5.69 Å². The molecule has 27 heavy (non-hydrogen) atoms. The van der Waals surface area contributed by atoms with E-state index in [0.29, 0.717) is 22.9 Å². The molecule has 0 spiro atoms. The van der Waals surface area contributed by atoms with Gasteiger partial charge in [0.1, 0.15) is 5.75 Å². The highest BCUT2D eigenvalue weighted by atomic mass is 16.5. The second kappa shape index (κ2) is 9.28. The van der Waals surface area contributed by atoms with Crippen LogP contribution in [0.2, 0.25) is 0 Å². The molecule has 1 amide bonds. The van der Waals surface area contributed by atoms with Crippen LogP contribution in [0.15, 0.2) is 42.5 Å². The molecule has 0 unspecified atom stereocenters. The number of carbonyl (C=O) groups is 2. The Morgan fingerprint density at radius 3 is 2.26 bits per heavy atom. The average molecular weight is 371 g/mol. The lowest BCUT2D eigenvalue weighted by molar-refractivity contribution is -0.111. The van der Waals surface area contributed by atoms with Crippen LogP contribution in [0.25, 0.3) is 6.08 Å². The summed E-state index contributed by atoms with van der Waals surface area (Å²) >= 11 is 0. The Bertz CT molecular complexity index is 860. The van der Waals surface area contributed by atoms with E-state index in [4.69, 9.17) is 18.9 Å². The van der Waals surface area contributed by atoms with Gasteiger partial charge in [-0.15, -0.1) is 0 Å². The number of ether oxygens (including phenoxy) is 4. The number of rotatable bonds is 7. The van der Waals surface area contributed by atoms with E-state index in [1.165, 1.54) is 33.5 Å². The highest BCUT2D eigenvalue weighted by Gasteiger charge is 2.14. The minimum Gasteiger partial charge on any atom is -0.497 e. The molecule has 0 fully saturated rings. The summed E-state index contributed by atoms with van der Waals surface area (Å²) in [6.07, 6.45) is 2.98. The van der Waals surface area contributed by atoms with E-state index in [0.717, 1.165) is 5.56 Å². The minimum atomic E-state index is -0.576. The molecule has 7 heteroatoms. The van der Waals surface area contributed by atoms with Crippen LogP contribution in [-0.2, 0) is 9.53 Å². The Kier molecular flexibility index (Phi) is 6.82. The lowest BCUT2D eigenvalue weighted by Gasteiger charge is -2.10. The number of benzene rings is 2. The van der Waals surface area contributed by atoms with Crippen molar-refractivity contribution in [3.8, 4) is 17.2 Å². The molecule has 7 nitrogen and oxygen atoms in total. The summed E-state index contributed by atoms with van der Waals surface area (Å²) in [5.41, 5.74) is 1.28. The van der Waals surface area contributed by atoms with Gasteiger partial charge in [-0.05, 0) is 42.0 Å². The number of amides is 1. The highest BCUT2D eigenvalue weighted by molar-refractivity contribution is 6.06. The molecular formula is C20H21NO6. The van der Waals surface area contributed by atoms with Crippen LogP contribution in [0, 0.1) is 0 Å². The maximum absolute atomic E-state index is 12.2. The fourth-order valence-corrected chi connectivity index (χ4v) is 2.34. The van der Waals surface area contributed by atoms with E-state index in [2.05, 4.69) is 5.32 Å². The number of esters is 1. The Hall–Kier alpha value is -3.48. The highest BCUT2D eigenvalue weighted by Crippen LogP contribution is 2.28. The van der Waals surface area contributed by atoms with E-state index in [1.54, 1.807) is 43.5 Å². The largest absolute Gasteiger partial charge is 0.497 e. The SMILES string of the molecule is COC(=O)c1cc(OC)ccc1NC(=O)/C=C/c1ccc(OC)c(OC)c1. The molecule has 0 aliphatic carbocycles. The Labute approximate surface area is 157 Å². The first-order valence-corrected chi connectivity index (χ1v) is 7.99. The normalized spacial score (nSPS) is 10.4. The quantitative estimate of drug-likeness (QED) is 0.595. The van der Waals surface area contributed by atoms with Crippen molar-refractivity contribution in [2.75, 3.05) is 33.8 Å². The van der Waals surface area contributed by atoms with Crippen LogP contribution in [0.5, 0.6) is 17.2 Å². The molecule has 1 N–H and O–H groups in total. The topological polar surface area (TPSA) is 83.1 Å². The zero-order valence-corrected chi connectivity index (χ0v) is 15.6. The molecule has 0 aliphatic rings. The lowest BCUT2D eigenvalue weighted by atomic mass is 10.1. The summed E-state index contributed by atoms with van der Waals surface area (Å²) in [6.45, 7) is 0. The van der Waals surface area contributed by atoms with E-state index >= 15 is 0 Å². The molecular weight excluding hydrogens is 350 g/mol. The predicted molar refractivity (Wildman–Crippen MR) is 102 cm³/mol. The Morgan fingerprint density at radius 1 is 0.889 bits per heavy atom. The number of nitrogens with one attached hydrogen (secondary N) is 1. The van der Waals surface area contributed by atoms with Gasteiger partial charge in [0, 0.05) is 6.08 Å². The number of hydrogen-bond acceptors (Lipinski definition) is 6. The summed E-state index contributed by atoms with van der Waals surface area (Å²) in [4.78, 5) is 24.2. The summed E-state index contributed by atoms with van der Waals surface area (Å²) in [5, 5.41) is 2.66. The van der Waals surface area contributed by atoms with E-state index in [-0.39, 0.29) is 5.56 Å². The summed E-state index contributed by atoms with van der Waals surface area (Å²) in [6, 6.07) is 10.00. The van der Waals surface area contributed by atoms with Gasteiger partial charge in [0.2, 0.25) is 5.91 Å². The standard InChI is InChI=1S/C20H21NO6/c1-24-14-7-8-16(15(12-14)20(23)27-4)21-19(22)10-6-13-5-9-17(25-2)18(11-13)26-3/h5-12H,1-4H3,(H,21,22)/b10-6+. The molecule has 0 aromatic heterocycles. The molecule has 0 saturated carbocycles. The zero-order valence-electron chi connectivity index (χ0n) is 15.6. The van der Waals surface area contributed by atoms with Gasteiger partial charge < -0.3 is 24.3 Å². The fraction of sp³-hybridized carbons (Fsp3) is 0.200. The monoisotopic (exact) mass is 371 g/mol. The molecule has 0 saturated heterocycles. The molecule has 0 heterocycles. The third-order valence-electron chi connectivity index (χ3n) is 3.72. The Balaban J connectivity index is 2.18. The van der Waals surface area contributed by atoms with Crippen molar-refractivity contribution in [3.63, 3.8) is 0 Å². The van der Waals surface area contributed by atoms with Crippen molar-refractivity contribution in [1.29, 1.82) is 0 Å². The summed E-state index contributed by atoms with van der Waals surface area (Å²) < 4.78 is 20.3. The van der Waals surface area contributed by atoms with E-state index in [9.17, 15) is 9.59 Å². The van der Waals surface area contributed by atoms with Crippen molar-refractivity contribution in [2.24, 2.45) is 0 Å². The maximum Gasteiger partial charge on any atom is 0.340 e. The minimum absolute atomic E-state index is 0.199. The van der Waals surface area contributed by atoms with Gasteiger partial charge in [-0.3, -0.25) is 4.79 Å². The van der Waals surface area contributed by atoms with Crippen LogP contribution < -0.4 is 19.5 Å². The lowest BCUT2D eigenvalue weighted by Crippen LogP contribution is -2.13. The average Bonchev–Trinajstić information content (AvgIpc) is 2.71. The number of anilines is 1. The first kappa shape index (κ1) is 19.8. The second-order valence-corrected chi connectivity index (χ2v) is 5.34. The second-order valence-electron chi connectivity index (χ2n) is 5.34. The van der Waals surface area contributed by atoms with Gasteiger partial charge in [0.25, 0.3) is 0 Å². The van der Waals surface area contributed by atoms with Gasteiger partial charge >= 0.3 is 5.97 Å². The van der Waals surface area contributed by atoms with Crippen LogP contribution in [-0.4, -0.2) is 40.3 Å². The molecule has 2 aromatic rings. The fourth-order valence-electron chi connectivity index (χ4n) is 2.34. The first-order valence-electron chi connectivity index (χ1n) is 7.99. The predicted octanol–water partition coefficient (Wildman–Crippen LogP) is 3.15. The van der Waals surface area contributed by atoms with Crippen molar-refractivity contribution >= 4 is 23.6 Å². The molecule has 2 rings (SSSR count). The molecule has 2 aromatic carbocycles. The molecule has 0 atom stereocenters. The maximum atomic E-state index is 12.2. The Morgan fingerprint density at radius 2 is 1.63 bits per heavy atom. The third kappa shape index (κ3) is 5.01. The molecule has 0 bridgehead atoms. The number of carbonyl (C=O) groups excluding carboxylic acids is 2. The van der Waals surface area contributed by atoms with Crippen molar-refractivity contribution < 1.29 is 28.5 Å². The summed E-state index contributed by atoms with van der Waals surface area (Å²) in [7, 11) is 5.84. The zero-order chi connectivity index (χ0) is 19.8. The van der Waals surface area contributed by atoms with E-state index in [1.807, 2.05) is 0 Å². The third-order valence-corrected chi connectivity index (χ3v) is 3.72. The van der Waals surface area contributed by atoms with Crippen LogP contribution >= 0.6 is 0 Å². The van der Waals surface area contributed by atoms with Gasteiger partial charge in [0.15, 0.2) is 11.5 Å². The first-order chi connectivity index (χ1) is 13.0. The summed E-state index contributed by atoms with van der Waals surface area (Å²) in [5.74, 6) is 0.658. The molecule has 0 radical (unpaired) electrons. The number of hydrogen-bond donors (Lipinski definition) is 1. The smallest absolute Gasteiger partial charge is 0.340 e.